The van der Waals surface area contributed by atoms with Crippen LogP contribution in [0.4, 0.5) is 5.69 Å². The van der Waals surface area contributed by atoms with Crippen LogP contribution in [0.2, 0.25) is 0 Å². The largest absolute Gasteiger partial charge is 0.265 e. The number of thiophene rings is 1. The summed E-state index contributed by atoms with van der Waals surface area (Å²) in [5.74, 6) is 0.724. The first kappa shape index (κ1) is 12.9. The van der Waals surface area contributed by atoms with Crippen LogP contribution in [0.3, 0.4) is 0 Å². The summed E-state index contributed by atoms with van der Waals surface area (Å²) in [6, 6.07) is 16.0. The van der Waals surface area contributed by atoms with Gasteiger partial charge < -0.3 is 0 Å². The second-order valence-corrected chi connectivity index (χ2v) is 5.71. The minimum absolute atomic E-state index is 0.724. The fraction of sp³-hybridized carbons (Fsp3) is 0. The molecule has 0 spiro atoms. The van der Waals surface area contributed by atoms with E-state index in [0.717, 1.165) is 33.2 Å². The molecule has 0 bridgehead atoms. The van der Waals surface area contributed by atoms with Crippen molar-refractivity contribution in [2.75, 3.05) is 0 Å². The number of rotatable bonds is 2. The van der Waals surface area contributed by atoms with Crippen molar-refractivity contribution in [3.8, 4) is 0 Å². The lowest BCUT2D eigenvalue weighted by molar-refractivity contribution is 1.03. The van der Waals surface area contributed by atoms with E-state index in [9.17, 15) is 0 Å². The zero-order valence-electron chi connectivity index (χ0n) is 11.6. The van der Waals surface area contributed by atoms with Gasteiger partial charge in [0, 0.05) is 23.5 Å². The number of benzene rings is 1. The Labute approximate surface area is 131 Å². The summed E-state index contributed by atoms with van der Waals surface area (Å²) in [5.41, 5.74) is 6.91. The number of pyridine rings is 1. The van der Waals surface area contributed by atoms with Crippen molar-refractivity contribution in [2.45, 2.75) is 0 Å². The van der Waals surface area contributed by atoms with Crippen molar-refractivity contribution >= 4 is 28.6 Å². The Balaban J connectivity index is 1.87. The number of nitrogens with zero attached hydrogens (tertiary/aromatic N) is 3. The zero-order chi connectivity index (χ0) is 14.8. The molecule has 4 rings (SSSR count). The first-order valence-electron chi connectivity index (χ1n) is 6.88. The maximum absolute atomic E-state index is 4.74. The van der Waals surface area contributed by atoms with Gasteiger partial charge in [-0.05, 0) is 29.6 Å². The van der Waals surface area contributed by atoms with E-state index in [1.165, 1.54) is 0 Å². The van der Waals surface area contributed by atoms with Gasteiger partial charge in [-0.2, -0.15) is 5.10 Å². The minimum Gasteiger partial charge on any atom is -0.265 e. The van der Waals surface area contributed by atoms with Crippen LogP contribution in [0.1, 0.15) is 16.0 Å². The average molecular weight is 304 g/mol. The standard InChI is InChI=1S/C17H12N4S/c1-2-5-14-13(4-1)16(15-6-3-11-22-15)20-21-17(19-14)12-7-9-18-10-8-12/h1-11H,(H,19,21). The van der Waals surface area contributed by atoms with Gasteiger partial charge in [0.25, 0.3) is 0 Å². The van der Waals surface area contributed by atoms with E-state index < -0.39 is 0 Å². The molecule has 0 atom stereocenters. The lowest BCUT2D eigenvalue weighted by Crippen LogP contribution is -2.19. The topological polar surface area (TPSA) is 49.6 Å². The van der Waals surface area contributed by atoms with Crippen molar-refractivity contribution in [1.82, 2.24) is 10.4 Å². The highest BCUT2D eigenvalue weighted by Gasteiger charge is 2.17. The Morgan fingerprint density at radius 3 is 2.59 bits per heavy atom. The molecule has 1 N–H and O–H groups in total. The number of hydrogen-bond donors (Lipinski definition) is 1. The van der Waals surface area contributed by atoms with Crippen LogP contribution in [-0.2, 0) is 0 Å². The molecule has 2 aromatic heterocycles. The third-order valence-corrected chi connectivity index (χ3v) is 4.25. The highest BCUT2D eigenvalue weighted by Crippen LogP contribution is 2.26. The molecule has 0 fully saturated rings. The van der Waals surface area contributed by atoms with Gasteiger partial charge in [0.05, 0.1) is 10.6 Å². The monoisotopic (exact) mass is 304 g/mol. The number of nitrogens with one attached hydrogen (secondary N) is 1. The van der Waals surface area contributed by atoms with Gasteiger partial charge >= 0.3 is 0 Å². The molecule has 0 aliphatic carbocycles. The van der Waals surface area contributed by atoms with E-state index in [1.54, 1.807) is 23.7 Å². The number of para-hydroxylation sites is 1. The molecule has 3 heterocycles. The second kappa shape index (κ2) is 5.54. The average Bonchev–Trinajstić information content (AvgIpc) is 3.03. The highest BCUT2D eigenvalue weighted by molar-refractivity contribution is 7.12. The van der Waals surface area contributed by atoms with Crippen LogP contribution < -0.4 is 5.43 Å². The predicted octanol–water partition coefficient (Wildman–Crippen LogP) is 3.58. The van der Waals surface area contributed by atoms with Gasteiger partial charge in [0.1, 0.15) is 5.71 Å². The molecule has 106 valence electrons. The van der Waals surface area contributed by atoms with Crippen LogP contribution in [0.5, 0.6) is 0 Å². The first-order chi connectivity index (χ1) is 10.9. The van der Waals surface area contributed by atoms with Gasteiger partial charge in [-0.1, -0.05) is 24.3 Å². The van der Waals surface area contributed by atoms with Gasteiger partial charge in [0.15, 0.2) is 5.84 Å². The molecule has 0 radical (unpaired) electrons. The quantitative estimate of drug-likeness (QED) is 0.786. The van der Waals surface area contributed by atoms with Crippen molar-refractivity contribution in [2.24, 2.45) is 10.1 Å². The molecule has 4 nitrogen and oxygen atoms in total. The molecule has 0 saturated carbocycles. The fourth-order valence-corrected chi connectivity index (χ4v) is 3.05. The summed E-state index contributed by atoms with van der Waals surface area (Å²) in [6.45, 7) is 0. The first-order valence-corrected chi connectivity index (χ1v) is 7.76. The Kier molecular flexibility index (Phi) is 3.25. The summed E-state index contributed by atoms with van der Waals surface area (Å²) in [6.07, 6.45) is 3.50. The predicted molar refractivity (Wildman–Crippen MR) is 90.0 cm³/mol. The Morgan fingerprint density at radius 1 is 0.909 bits per heavy atom. The number of aromatic nitrogens is 1. The summed E-state index contributed by atoms with van der Waals surface area (Å²) >= 11 is 1.67. The van der Waals surface area contributed by atoms with Gasteiger partial charge in [-0.25, -0.2) is 4.99 Å². The minimum atomic E-state index is 0.724. The summed E-state index contributed by atoms with van der Waals surface area (Å²) < 4.78 is 0. The SMILES string of the molecule is c1csc(C2=NNC(c3ccncc3)=Nc3ccccc32)c1. The Morgan fingerprint density at radius 2 is 1.77 bits per heavy atom. The second-order valence-electron chi connectivity index (χ2n) is 4.76. The molecule has 0 unspecified atom stereocenters. The smallest absolute Gasteiger partial charge is 0.154 e. The molecule has 0 amide bonds. The Bertz CT molecular complexity index is 851. The van der Waals surface area contributed by atoms with Gasteiger partial charge in [0.2, 0.25) is 0 Å². The summed E-state index contributed by atoms with van der Waals surface area (Å²) in [5, 5.41) is 6.64. The summed E-state index contributed by atoms with van der Waals surface area (Å²) in [7, 11) is 0. The number of fused-ring (bicyclic) bond motifs is 1. The van der Waals surface area contributed by atoms with Crippen LogP contribution in [0, 0.1) is 0 Å². The molecule has 22 heavy (non-hydrogen) atoms. The molecule has 3 aromatic rings. The molecule has 1 aliphatic rings. The van der Waals surface area contributed by atoms with E-state index in [1.807, 2.05) is 36.4 Å². The lowest BCUT2D eigenvalue weighted by Gasteiger charge is -2.04. The fourth-order valence-electron chi connectivity index (χ4n) is 2.33. The molecule has 1 aromatic carbocycles. The lowest BCUT2D eigenvalue weighted by atomic mass is 10.1. The third-order valence-electron chi connectivity index (χ3n) is 3.37. The van der Waals surface area contributed by atoms with Crippen LogP contribution in [0.15, 0.2) is 76.4 Å². The summed E-state index contributed by atoms with van der Waals surface area (Å²) in [4.78, 5) is 9.90. The van der Waals surface area contributed by atoms with Crippen molar-refractivity contribution < 1.29 is 0 Å². The molecule has 1 aliphatic heterocycles. The van der Waals surface area contributed by atoms with Crippen molar-refractivity contribution in [3.05, 3.63) is 82.3 Å². The van der Waals surface area contributed by atoms with Gasteiger partial charge in [-0.15, -0.1) is 11.3 Å². The third kappa shape index (κ3) is 2.31. The number of amidine groups is 1. The molecular weight excluding hydrogens is 292 g/mol. The maximum atomic E-state index is 4.74. The maximum Gasteiger partial charge on any atom is 0.154 e. The van der Waals surface area contributed by atoms with Crippen molar-refractivity contribution in [1.29, 1.82) is 0 Å². The molecule has 5 heteroatoms. The van der Waals surface area contributed by atoms with Crippen LogP contribution in [-0.4, -0.2) is 16.5 Å². The zero-order valence-corrected chi connectivity index (χ0v) is 12.4. The number of hydrazone groups is 1. The Hall–Kier alpha value is -2.79. The van der Waals surface area contributed by atoms with E-state index in [-0.39, 0.29) is 0 Å². The van der Waals surface area contributed by atoms with E-state index >= 15 is 0 Å². The van der Waals surface area contributed by atoms with Crippen LogP contribution in [0.25, 0.3) is 0 Å². The number of hydrogen-bond acceptors (Lipinski definition) is 5. The van der Waals surface area contributed by atoms with E-state index in [0.29, 0.717) is 0 Å². The highest BCUT2D eigenvalue weighted by atomic mass is 32.1. The number of aliphatic imine (C=N–C) groups is 1. The normalized spacial score (nSPS) is 13.5. The van der Waals surface area contributed by atoms with E-state index in [2.05, 4.69) is 33.0 Å². The van der Waals surface area contributed by atoms with Gasteiger partial charge in [-0.3, -0.25) is 10.4 Å². The van der Waals surface area contributed by atoms with Crippen molar-refractivity contribution in [3.63, 3.8) is 0 Å². The molecular formula is C17H12N4S. The van der Waals surface area contributed by atoms with Crippen LogP contribution >= 0.6 is 11.3 Å². The molecule has 0 saturated heterocycles. The van der Waals surface area contributed by atoms with E-state index in [4.69, 9.17) is 4.99 Å².